The van der Waals surface area contributed by atoms with Gasteiger partial charge in [-0.15, -0.1) is 0 Å². The minimum atomic E-state index is -1.96. The lowest BCUT2D eigenvalue weighted by molar-refractivity contribution is 0.156. The van der Waals surface area contributed by atoms with Gasteiger partial charge in [-0.05, 0) is 30.0 Å². The third-order valence-corrected chi connectivity index (χ3v) is 4.68. The Morgan fingerprint density at radius 2 is 1.71 bits per heavy atom. The molecule has 0 radical (unpaired) electrons. The lowest BCUT2D eigenvalue weighted by Gasteiger charge is -2.39. The Hall–Kier alpha value is -0.0200. The molecule has 0 aromatic heterocycles. The smallest absolute Gasteiger partial charge is 0.0245 e. The predicted octanol–water partition coefficient (Wildman–Crippen LogP) is 2.01. The zero-order valence-corrected chi connectivity index (χ0v) is 10.7. The van der Waals surface area contributed by atoms with Crippen molar-refractivity contribution in [1.82, 2.24) is 4.31 Å². The monoisotopic (exact) mass is 217 g/mol. The zero-order chi connectivity index (χ0) is 11.0. The highest BCUT2D eigenvalue weighted by Crippen LogP contribution is 2.34. The Kier molecular flexibility index (Phi) is 3.32. The third kappa shape index (κ3) is 2.99. The summed E-state index contributed by atoms with van der Waals surface area (Å²) in [5, 5.41) is 0. The van der Waals surface area contributed by atoms with Crippen LogP contribution in [0.3, 0.4) is 0 Å². The van der Waals surface area contributed by atoms with E-state index in [0.29, 0.717) is 5.41 Å². The minimum Gasteiger partial charge on any atom is -0.253 e. The van der Waals surface area contributed by atoms with Gasteiger partial charge in [-0.3, -0.25) is 4.21 Å². The van der Waals surface area contributed by atoms with Crippen LogP contribution < -0.4 is 0 Å². The maximum atomic E-state index is 11.7. The molecule has 1 aliphatic rings. The Balaban J connectivity index is 2.56. The number of piperidine rings is 1. The molecule has 1 unspecified atom stereocenters. The molecule has 2 nitrogen and oxygen atoms in total. The van der Waals surface area contributed by atoms with Gasteiger partial charge in [0.25, 0.3) is 0 Å². The zero-order valence-electron chi connectivity index (χ0n) is 9.88. The van der Waals surface area contributed by atoms with Gasteiger partial charge in [0, 0.05) is 29.1 Å². The summed E-state index contributed by atoms with van der Waals surface area (Å²) in [6, 6.07) is 0. The fourth-order valence-electron chi connectivity index (χ4n) is 2.11. The van der Waals surface area contributed by atoms with E-state index in [1.807, 2.05) is 4.31 Å². The van der Waals surface area contributed by atoms with Crippen LogP contribution in [0.15, 0.2) is 0 Å². The maximum Gasteiger partial charge on any atom is 0.0245 e. The summed E-state index contributed by atoms with van der Waals surface area (Å²) in [5.41, 5.74) is 0.391. The summed E-state index contributed by atoms with van der Waals surface area (Å²) in [4.78, 5) is 0. The van der Waals surface area contributed by atoms with Crippen LogP contribution in [-0.2, 0) is 9.71 Å². The van der Waals surface area contributed by atoms with E-state index in [2.05, 4.69) is 26.6 Å². The fraction of sp³-hybridized carbons (Fsp3) is 0.909. The number of rotatable bonds is 1. The second-order valence-corrected chi connectivity index (χ2v) is 7.96. The molecule has 84 valence electrons. The number of nitrogens with zero attached hydrogens (tertiary/aromatic N) is 1. The fourth-order valence-corrected chi connectivity index (χ4v) is 3.09. The molecule has 0 aromatic carbocycles. The summed E-state index contributed by atoms with van der Waals surface area (Å²) in [6.07, 6.45) is 4.05. The summed E-state index contributed by atoms with van der Waals surface area (Å²) in [7, 11) is -1.96. The Morgan fingerprint density at radius 1 is 1.29 bits per heavy atom. The van der Waals surface area contributed by atoms with Crippen LogP contribution >= 0.6 is 0 Å². The molecule has 0 N–H and O–H groups in total. The van der Waals surface area contributed by atoms with Crippen LogP contribution in [0, 0.1) is 11.3 Å². The normalized spacial score (nSPS) is 26.0. The van der Waals surface area contributed by atoms with Crippen molar-refractivity contribution < 1.29 is 4.21 Å². The van der Waals surface area contributed by atoms with E-state index in [4.69, 9.17) is 0 Å². The highest BCUT2D eigenvalue weighted by atomic mass is 32.2. The van der Waals surface area contributed by atoms with Crippen LogP contribution in [-0.4, -0.2) is 33.7 Å². The van der Waals surface area contributed by atoms with E-state index in [0.717, 1.165) is 31.8 Å². The average molecular weight is 217 g/mol. The minimum absolute atomic E-state index is 0.391. The van der Waals surface area contributed by atoms with Crippen molar-refractivity contribution in [3.63, 3.8) is 0 Å². The highest BCUT2D eigenvalue weighted by molar-refractivity contribution is 7.97. The maximum absolute atomic E-state index is 11.7. The lowest BCUT2D eigenvalue weighted by atomic mass is 9.76. The first-order valence-corrected chi connectivity index (χ1v) is 7.38. The van der Waals surface area contributed by atoms with Crippen LogP contribution in [0.1, 0.15) is 33.6 Å². The van der Waals surface area contributed by atoms with E-state index in [1.165, 1.54) is 0 Å². The van der Waals surface area contributed by atoms with Crippen molar-refractivity contribution in [1.29, 1.82) is 0 Å². The van der Waals surface area contributed by atoms with Crippen molar-refractivity contribution in [3.8, 4) is 0 Å². The van der Waals surface area contributed by atoms with Gasteiger partial charge in [-0.25, -0.2) is 4.31 Å². The van der Waals surface area contributed by atoms with Crippen LogP contribution in [0.25, 0.3) is 0 Å². The SMILES string of the molecule is C=S(C)(=O)N1CCC(C(C)(C)C)CC1. The first kappa shape index (κ1) is 12.1. The van der Waals surface area contributed by atoms with Crippen LogP contribution in [0.2, 0.25) is 0 Å². The first-order chi connectivity index (χ1) is 6.21. The first-order valence-electron chi connectivity index (χ1n) is 5.28. The molecule has 1 saturated heterocycles. The Bertz CT molecular complexity index is 279. The molecule has 0 bridgehead atoms. The molecule has 14 heavy (non-hydrogen) atoms. The molecule has 0 aromatic rings. The molecule has 0 amide bonds. The molecule has 1 aliphatic heterocycles. The van der Waals surface area contributed by atoms with E-state index in [9.17, 15) is 4.21 Å². The van der Waals surface area contributed by atoms with Gasteiger partial charge in [0.15, 0.2) is 0 Å². The lowest BCUT2D eigenvalue weighted by Crippen LogP contribution is -2.40. The van der Waals surface area contributed by atoms with Crippen molar-refractivity contribution in [2.45, 2.75) is 33.6 Å². The van der Waals surface area contributed by atoms with E-state index < -0.39 is 9.71 Å². The van der Waals surface area contributed by atoms with Crippen molar-refractivity contribution in [3.05, 3.63) is 0 Å². The van der Waals surface area contributed by atoms with Crippen LogP contribution in [0.4, 0.5) is 0 Å². The highest BCUT2D eigenvalue weighted by Gasteiger charge is 2.29. The van der Waals surface area contributed by atoms with Crippen molar-refractivity contribution >= 4 is 15.6 Å². The molecule has 1 rings (SSSR count). The molecule has 0 spiro atoms. The summed E-state index contributed by atoms with van der Waals surface area (Å²) >= 11 is 0. The molecule has 1 atom stereocenters. The number of hydrogen-bond donors (Lipinski definition) is 0. The van der Waals surface area contributed by atoms with Gasteiger partial charge in [0.05, 0.1) is 0 Å². The van der Waals surface area contributed by atoms with E-state index >= 15 is 0 Å². The largest absolute Gasteiger partial charge is 0.253 e. The summed E-state index contributed by atoms with van der Waals surface area (Å²) in [6.45, 7) is 8.77. The second kappa shape index (κ2) is 3.86. The Morgan fingerprint density at radius 3 is 2.00 bits per heavy atom. The predicted molar refractivity (Wildman–Crippen MR) is 64.9 cm³/mol. The molecular weight excluding hydrogens is 194 g/mol. The van der Waals surface area contributed by atoms with Gasteiger partial charge in [-0.2, -0.15) is 0 Å². The van der Waals surface area contributed by atoms with Gasteiger partial charge in [-0.1, -0.05) is 20.8 Å². The molecule has 1 fully saturated rings. The van der Waals surface area contributed by atoms with Gasteiger partial charge >= 0.3 is 0 Å². The van der Waals surface area contributed by atoms with Crippen molar-refractivity contribution in [2.75, 3.05) is 19.3 Å². The molecular formula is C11H23NOS. The molecule has 0 saturated carbocycles. The molecule has 1 heterocycles. The summed E-state index contributed by atoms with van der Waals surface area (Å²) in [5.74, 6) is 4.50. The third-order valence-electron chi connectivity index (χ3n) is 3.22. The van der Waals surface area contributed by atoms with Gasteiger partial charge < -0.3 is 0 Å². The van der Waals surface area contributed by atoms with Crippen LogP contribution in [0.5, 0.6) is 0 Å². The quantitative estimate of drug-likeness (QED) is 0.615. The number of hydrogen-bond acceptors (Lipinski definition) is 1. The second-order valence-electron chi connectivity index (χ2n) is 5.53. The molecule has 3 heteroatoms. The summed E-state index contributed by atoms with van der Waals surface area (Å²) < 4.78 is 13.7. The topological polar surface area (TPSA) is 20.3 Å². The van der Waals surface area contributed by atoms with E-state index in [-0.39, 0.29) is 0 Å². The standard InChI is InChI=1S/C11H23NOS/c1-11(2,3)10-6-8-12(9-7-10)14(4,5)13/h10H,4,6-9H2,1-3,5H3. The van der Waals surface area contributed by atoms with Crippen molar-refractivity contribution in [2.24, 2.45) is 11.3 Å². The van der Waals surface area contributed by atoms with E-state index in [1.54, 1.807) is 6.26 Å². The molecule has 0 aliphatic carbocycles. The van der Waals surface area contributed by atoms with Gasteiger partial charge in [0.1, 0.15) is 0 Å². The van der Waals surface area contributed by atoms with Gasteiger partial charge in [0.2, 0.25) is 0 Å². The average Bonchev–Trinajstić information content (AvgIpc) is 2.01. The Labute approximate surface area is 88.8 Å².